The van der Waals surface area contributed by atoms with E-state index in [4.69, 9.17) is 18.9 Å². The van der Waals surface area contributed by atoms with Crippen LogP contribution in [-0.2, 0) is 25.6 Å². The number of benzene rings is 2. The Labute approximate surface area is 149 Å². The topological polar surface area (TPSA) is 36.9 Å². The molecule has 2 saturated heterocycles. The van der Waals surface area contributed by atoms with Crippen molar-refractivity contribution >= 4 is 10.8 Å². The quantitative estimate of drug-likeness (QED) is 0.825. The van der Waals surface area contributed by atoms with Crippen molar-refractivity contribution < 1.29 is 18.9 Å². The third-order valence-electron chi connectivity index (χ3n) is 5.32. The van der Waals surface area contributed by atoms with Crippen LogP contribution in [0.4, 0.5) is 0 Å². The summed E-state index contributed by atoms with van der Waals surface area (Å²) in [6.45, 7) is 8.55. The first-order chi connectivity index (χ1) is 11.9. The van der Waals surface area contributed by atoms with Crippen molar-refractivity contribution in [2.24, 2.45) is 0 Å². The lowest BCUT2D eigenvalue weighted by molar-refractivity contribution is -0.241. The molecule has 0 bridgehead atoms. The van der Waals surface area contributed by atoms with Gasteiger partial charge >= 0.3 is 0 Å². The maximum Gasteiger partial charge on any atom is 0.190 e. The average molecular weight is 342 g/mol. The summed E-state index contributed by atoms with van der Waals surface area (Å²) in [7, 11) is 0. The van der Waals surface area contributed by atoms with Crippen LogP contribution in [0.1, 0.15) is 39.7 Å². The molecular formula is C21H26O4. The first kappa shape index (κ1) is 17.0. The Morgan fingerprint density at radius 3 is 2.48 bits per heavy atom. The maximum atomic E-state index is 6.32. The largest absolute Gasteiger partial charge is 0.368 e. The molecule has 4 heteroatoms. The second-order valence-corrected chi connectivity index (χ2v) is 7.67. The van der Waals surface area contributed by atoms with Crippen LogP contribution in [0.2, 0.25) is 0 Å². The summed E-state index contributed by atoms with van der Waals surface area (Å²) in [5, 5.41) is 2.46. The molecule has 134 valence electrons. The fourth-order valence-electron chi connectivity index (χ4n) is 3.80. The first-order valence-corrected chi connectivity index (χ1v) is 9.03. The van der Waals surface area contributed by atoms with Gasteiger partial charge in [-0.3, -0.25) is 0 Å². The Kier molecular flexibility index (Phi) is 4.12. The highest BCUT2D eigenvalue weighted by Crippen LogP contribution is 2.45. The van der Waals surface area contributed by atoms with Crippen molar-refractivity contribution in [3.8, 4) is 0 Å². The summed E-state index contributed by atoms with van der Waals surface area (Å²) < 4.78 is 24.4. The van der Waals surface area contributed by atoms with E-state index in [1.807, 2.05) is 13.8 Å². The monoisotopic (exact) mass is 342 g/mol. The molecular weight excluding hydrogens is 316 g/mol. The zero-order valence-electron chi connectivity index (χ0n) is 15.3. The molecule has 2 heterocycles. The minimum Gasteiger partial charge on any atom is -0.368 e. The summed E-state index contributed by atoms with van der Waals surface area (Å²) in [4.78, 5) is 0. The van der Waals surface area contributed by atoms with Crippen molar-refractivity contribution in [2.45, 2.75) is 70.6 Å². The molecule has 4 nitrogen and oxygen atoms in total. The van der Waals surface area contributed by atoms with Gasteiger partial charge in [-0.1, -0.05) is 43.3 Å². The molecule has 25 heavy (non-hydrogen) atoms. The van der Waals surface area contributed by atoms with Crippen LogP contribution in [0.15, 0.2) is 42.5 Å². The number of rotatable bonds is 4. The third-order valence-corrected chi connectivity index (χ3v) is 5.32. The molecule has 2 aliphatic rings. The summed E-state index contributed by atoms with van der Waals surface area (Å²) >= 11 is 0. The van der Waals surface area contributed by atoms with Gasteiger partial charge in [-0.2, -0.15) is 0 Å². The van der Waals surface area contributed by atoms with E-state index in [0.29, 0.717) is 6.61 Å². The number of ether oxygens (including phenoxy) is 4. The zero-order chi connectivity index (χ0) is 17.7. The van der Waals surface area contributed by atoms with E-state index in [9.17, 15) is 0 Å². The van der Waals surface area contributed by atoms with Crippen molar-refractivity contribution in [2.75, 3.05) is 0 Å². The highest BCUT2D eigenvalue weighted by molar-refractivity contribution is 5.82. The van der Waals surface area contributed by atoms with E-state index in [2.05, 4.69) is 56.3 Å². The number of hydrogen-bond acceptors (Lipinski definition) is 4. The minimum absolute atomic E-state index is 0.157. The Hall–Kier alpha value is -1.46. The molecule has 2 aliphatic heterocycles. The first-order valence-electron chi connectivity index (χ1n) is 9.03. The van der Waals surface area contributed by atoms with Gasteiger partial charge in [0.05, 0.1) is 12.2 Å². The second-order valence-electron chi connectivity index (χ2n) is 7.67. The molecule has 2 fully saturated rings. The van der Waals surface area contributed by atoms with E-state index >= 15 is 0 Å². The smallest absolute Gasteiger partial charge is 0.190 e. The molecule has 0 radical (unpaired) electrons. The summed E-state index contributed by atoms with van der Waals surface area (Å²) in [6, 6.07) is 14.8. The van der Waals surface area contributed by atoms with Gasteiger partial charge in [0.1, 0.15) is 12.2 Å². The normalized spacial score (nSPS) is 33.7. The Morgan fingerprint density at radius 2 is 1.72 bits per heavy atom. The van der Waals surface area contributed by atoms with E-state index in [0.717, 1.165) is 12.0 Å². The summed E-state index contributed by atoms with van der Waals surface area (Å²) in [5.74, 6) is -0.630. The zero-order valence-corrected chi connectivity index (χ0v) is 15.3. The van der Waals surface area contributed by atoms with Crippen LogP contribution in [0.5, 0.6) is 0 Å². The van der Waals surface area contributed by atoms with Crippen molar-refractivity contribution in [1.82, 2.24) is 0 Å². The van der Waals surface area contributed by atoms with Gasteiger partial charge in [-0.05, 0) is 49.6 Å². The summed E-state index contributed by atoms with van der Waals surface area (Å²) in [6.07, 6.45) is 0.132. The van der Waals surface area contributed by atoms with Gasteiger partial charge in [0.15, 0.2) is 12.1 Å². The van der Waals surface area contributed by atoms with Gasteiger partial charge in [0.2, 0.25) is 0 Å². The van der Waals surface area contributed by atoms with Crippen LogP contribution in [0, 0.1) is 0 Å². The highest BCUT2D eigenvalue weighted by Gasteiger charge is 2.59. The van der Waals surface area contributed by atoms with Crippen LogP contribution < -0.4 is 0 Å². The van der Waals surface area contributed by atoms with Gasteiger partial charge < -0.3 is 18.9 Å². The number of fused-ring (bicyclic) bond motifs is 2. The third kappa shape index (κ3) is 3.08. The molecule has 0 aromatic heterocycles. The second kappa shape index (κ2) is 6.06. The molecule has 0 unspecified atom stereocenters. The molecule has 4 atom stereocenters. The molecule has 0 saturated carbocycles. The highest BCUT2D eigenvalue weighted by atomic mass is 16.8. The van der Waals surface area contributed by atoms with Crippen LogP contribution in [0.25, 0.3) is 10.8 Å². The Bertz CT molecular complexity index is 771. The number of hydrogen-bond donors (Lipinski definition) is 0. The molecule has 0 spiro atoms. The van der Waals surface area contributed by atoms with Gasteiger partial charge in [-0.25, -0.2) is 0 Å². The predicted molar refractivity (Wildman–Crippen MR) is 96.1 cm³/mol. The molecule has 0 N–H and O–H groups in total. The van der Waals surface area contributed by atoms with Gasteiger partial charge in [0, 0.05) is 0 Å². The SMILES string of the molecule is CC[C@@]1(C)O[C@@H]2OC(C)(C)O[C@@H]2[C@@H]1OCc1ccc2ccccc2c1. The van der Waals surface area contributed by atoms with Crippen molar-refractivity contribution in [3.63, 3.8) is 0 Å². The van der Waals surface area contributed by atoms with E-state index in [1.54, 1.807) is 0 Å². The van der Waals surface area contributed by atoms with Crippen molar-refractivity contribution in [1.29, 1.82) is 0 Å². The Balaban J connectivity index is 1.53. The predicted octanol–water partition coefficient (Wildman–Crippen LogP) is 4.40. The summed E-state index contributed by atoms with van der Waals surface area (Å²) in [5.41, 5.74) is 0.752. The molecule has 0 amide bonds. The van der Waals surface area contributed by atoms with Gasteiger partial charge in [-0.15, -0.1) is 0 Å². The fraction of sp³-hybridized carbons (Fsp3) is 0.524. The lowest BCUT2D eigenvalue weighted by Crippen LogP contribution is -2.44. The van der Waals surface area contributed by atoms with E-state index in [1.165, 1.54) is 10.8 Å². The van der Waals surface area contributed by atoms with Crippen LogP contribution >= 0.6 is 0 Å². The van der Waals surface area contributed by atoms with E-state index in [-0.39, 0.29) is 18.5 Å². The van der Waals surface area contributed by atoms with Crippen LogP contribution in [-0.4, -0.2) is 29.9 Å². The molecule has 2 aromatic rings. The van der Waals surface area contributed by atoms with Crippen molar-refractivity contribution in [3.05, 3.63) is 48.0 Å². The lowest BCUT2D eigenvalue weighted by atomic mass is 9.94. The lowest BCUT2D eigenvalue weighted by Gasteiger charge is -2.33. The minimum atomic E-state index is -0.630. The van der Waals surface area contributed by atoms with E-state index < -0.39 is 11.4 Å². The molecule has 2 aromatic carbocycles. The van der Waals surface area contributed by atoms with Gasteiger partial charge in [0.25, 0.3) is 0 Å². The van der Waals surface area contributed by atoms with Crippen LogP contribution in [0.3, 0.4) is 0 Å². The molecule has 0 aliphatic carbocycles. The standard InChI is InChI=1S/C21H26O4/c1-5-21(4)18(17-19(25-21)24-20(2,3)23-17)22-13-14-10-11-15-8-6-7-9-16(15)12-14/h6-12,17-19H,5,13H2,1-4H3/t17-,18+,19+,21-/m1/s1. The average Bonchev–Trinajstić information content (AvgIpc) is 3.01. The fourth-order valence-corrected chi connectivity index (χ4v) is 3.80. The Morgan fingerprint density at radius 1 is 0.960 bits per heavy atom. The maximum absolute atomic E-state index is 6.32. The molecule has 4 rings (SSSR count).